The Morgan fingerprint density at radius 3 is 2.53 bits per heavy atom. The predicted molar refractivity (Wildman–Crippen MR) is 77.4 cm³/mol. The first-order chi connectivity index (χ1) is 9.06. The van der Waals surface area contributed by atoms with E-state index in [0.717, 1.165) is 16.1 Å². The molecule has 100 valence electrons. The zero-order chi connectivity index (χ0) is 13.8. The van der Waals surface area contributed by atoms with E-state index in [2.05, 4.69) is 0 Å². The summed E-state index contributed by atoms with van der Waals surface area (Å²) in [6.07, 6.45) is 0. The Balaban J connectivity index is 2.07. The molecule has 2 rings (SSSR count). The summed E-state index contributed by atoms with van der Waals surface area (Å²) >= 11 is 6.12. The van der Waals surface area contributed by atoms with Crippen molar-refractivity contribution in [3.63, 3.8) is 0 Å². The fourth-order valence-electron chi connectivity index (χ4n) is 1.98. The maximum Gasteiger partial charge on any atom is 0.123 e. The molecule has 0 aromatic heterocycles. The van der Waals surface area contributed by atoms with E-state index < -0.39 is 0 Å². The van der Waals surface area contributed by atoms with Crippen molar-refractivity contribution in [2.75, 3.05) is 12.8 Å². The van der Waals surface area contributed by atoms with Gasteiger partial charge in [-0.25, -0.2) is 4.39 Å². The van der Waals surface area contributed by atoms with Crippen LogP contribution in [0, 0.1) is 5.82 Å². The predicted octanol–water partition coefficient (Wildman–Crippen LogP) is 3.69. The second-order valence-corrected chi connectivity index (χ2v) is 5.01. The van der Waals surface area contributed by atoms with Crippen molar-refractivity contribution in [2.45, 2.75) is 13.1 Å². The van der Waals surface area contributed by atoms with E-state index in [-0.39, 0.29) is 5.82 Å². The third-order valence-corrected chi connectivity index (χ3v) is 3.31. The standard InChI is InChI=1S/C15H16ClFN2/c1-19(9-11-4-2-3-5-14(11)16)10-12-8-13(17)6-7-15(12)18/h2-8H,9-10,18H2,1H3. The number of hydrogen-bond donors (Lipinski definition) is 1. The highest BCUT2D eigenvalue weighted by Gasteiger charge is 2.07. The lowest BCUT2D eigenvalue weighted by Gasteiger charge is -2.18. The molecule has 2 N–H and O–H groups in total. The Hall–Kier alpha value is -1.58. The summed E-state index contributed by atoms with van der Waals surface area (Å²) in [7, 11) is 1.95. The normalized spacial score (nSPS) is 10.9. The summed E-state index contributed by atoms with van der Waals surface area (Å²) in [6, 6.07) is 12.1. The lowest BCUT2D eigenvalue weighted by molar-refractivity contribution is 0.319. The van der Waals surface area contributed by atoms with Gasteiger partial charge in [0.1, 0.15) is 5.82 Å². The first kappa shape index (κ1) is 13.8. The summed E-state index contributed by atoms with van der Waals surface area (Å²) in [5.74, 6) is -0.268. The molecule has 2 nitrogen and oxygen atoms in total. The molecular formula is C15H16ClFN2. The maximum atomic E-state index is 13.2. The number of halogens is 2. The molecule has 2 aromatic carbocycles. The fourth-order valence-corrected chi connectivity index (χ4v) is 2.17. The Labute approximate surface area is 117 Å². The number of hydrogen-bond acceptors (Lipinski definition) is 2. The third kappa shape index (κ3) is 3.69. The second kappa shape index (κ2) is 6.04. The van der Waals surface area contributed by atoms with Crippen molar-refractivity contribution < 1.29 is 4.39 Å². The second-order valence-electron chi connectivity index (χ2n) is 4.61. The van der Waals surface area contributed by atoms with Gasteiger partial charge in [-0.3, -0.25) is 4.90 Å². The summed E-state index contributed by atoms with van der Waals surface area (Å²) in [5, 5.41) is 0.738. The van der Waals surface area contributed by atoms with Crippen molar-refractivity contribution in [3.8, 4) is 0 Å². The van der Waals surface area contributed by atoms with Crippen LogP contribution in [0.3, 0.4) is 0 Å². The minimum Gasteiger partial charge on any atom is -0.398 e. The van der Waals surface area contributed by atoms with Crippen LogP contribution in [0.15, 0.2) is 42.5 Å². The third-order valence-electron chi connectivity index (χ3n) is 2.94. The molecule has 0 unspecified atom stereocenters. The van der Waals surface area contributed by atoms with Gasteiger partial charge < -0.3 is 5.73 Å². The number of benzene rings is 2. The van der Waals surface area contributed by atoms with Crippen molar-refractivity contribution in [1.29, 1.82) is 0 Å². The van der Waals surface area contributed by atoms with Crippen LogP contribution in [0.25, 0.3) is 0 Å². The maximum absolute atomic E-state index is 13.2. The van der Waals surface area contributed by atoms with E-state index in [1.54, 1.807) is 6.07 Å². The van der Waals surface area contributed by atoms with Gasteiger partial charge in [0, 0.05) is 23.8 Å². The SMILES string of the molecule is CN(Cc1cc(F)ccc1N)Cc1ccccc1Cl. The number of nitrogens with two attached hydrogens (primary N) is 1. The first-order valence-corrected chi connectivity index (χ1v) is 6.40. The summed E-state index contributed by atoms with van der Waals surface area (Å²) in [6.45, 7) is 1.27. The van der Waals surface area contributed by atoms with Crippen molar-refractivity contribution in [1.82, 2.24) is 4.90 Å². The van der Waals surface area contributed by atoms with Crippen LogP contribution in [-0.2, 0) is 13.1 Å². The van der Waals surface area contributed by atoms with Crippen LogP contribution in [0.5, 0.6) is 0 Å². The highest BCUT2D eigenvalue weighted by molar-refractivity contribution is 6.31. The topological polar surface area (TPSA) is 29.3 Å². The van der Waals surface area contributed by atoms with Gasteiger partial charge >= 0.3 is 0 Å². The van der Waals surface area contributed by atoms with Gasteiger partial charge in [-0.1, -0.05) is 29.8 Å². The molecule has 4 heteroatoms. The molecule has 19 heavy (non-hydrogen) atoms. The van der Waals surface area contributed by atoms with Crippen LogP contribution < -0.4 is 5.73 Å². The molecule has 2 aromatic rings. The van der Waals surface area contributed by atoms with E-state index >= 15 is 0 Å². The van der Waals surface area contributed by atoms with Gasteiger partial charge in [-0.05, 0) is 42.4 Å². The molecule has 0 saturated carbocycles. The van der Waals surface area contributed by atoms with Gasteiger partial charge in [-0.2, -0.15) is 0 Å². The molecule has 0 aliphatic rings. The fraction of sp³-hybridized carbons (Fsp3) is 0.200. The lowest BCUT2D eigenvalue weighted by atomic mass is 10.1. The van der Waals surface area contributed by atoms with E-state index in [9.17, 15) is 4.39 Å². The number of rotatable bonds is 4. The average Bonchev–Trinajstić information content (AvgIpc) is 2.37. The van der Waals surface area contributed by atoms with Gasteiger partial charge in [0.25, 0.3) is 0 Å². The van der Waals surface area contributed by atoms with Crippen LogP contribution >= 0.6 is 11.6 Å². The Morgan fingerprint density at radius 2 is 1.79 bits per heavy atom. The molecule has 0 heterocycles. The van der Waals surface area contributed by atoms with E-state index in [0.29, 0.717) is 18.8 Å². The van der Waals surface area contributed by atoms with Gasteiger partial charge in [0.05, 0.1) is 0 Å². The smallest absolute Gasteiger partial charge is 0.123 e. The summed E-state index contributed by atoms with van der Waals surface area (Å²) in [4.78, 5) is 2.05. The molecule has 0 radical (unpaired) electrons. The first-order valence-electron chi connectivity index (χ1n) is 6.02. The monoisotopic (exact) mass is 278 g/mol. The highest BCUT2D eigenvalue weighted by atomic mass is 35.5. The van der Waals surface area contributed by atoms with Crippen LogP contribution in [0.2, 0.25) is 5.02 Å². The molecule has 0 amide bonds. The molecule has 0 aliphatic heterocycles. The number of nitrogens with zero attached hydrogens (tertiary/aromatic N) is 1. The number of anilines is 1. The Bertz CT molecular complexity index is 572. The lowest BCUT2D eigenvalue weighted by Crippen LogP contribution is -2.18. The van der Waals surface area contributed by atoms with E-state index in [1.165, 1.54) is 12.1 Å². The molecule has 0 fully saturated rings. The molecule has 0 bridgehead atoms. The minimum absolute atomic E-state index is 0.268. The van der Waals surface area contributed by atoms with Crippen LogP contribution in [0.1, 0.15) is 11.1 Å². The average molecular weight is 279 g/mol. The van der Waals surface area contributed by atoms with Gasteiger partial charge in [0.2, 0.25) is 0 Å². The van der Waals surface area contributed by atoms with Crippen LogP contribution in [-0.4, -0.2) is 11.9 Å². The van der Waals surface area contributed by atoms with Gasteiger partial charge in [-0.15, -0.1) is 0 Å². The molecule has 0 atom stereocenters. The van der Waals surface area contributed by atoms with Crippen molar-refractivity contribution in [2.24, 2.45) is 0 Å². The van der Waals surface area contributed by atoms with Crippen LogP contribution in [0.4, 0.5) is 10.1 Å². The summed E-state index contributed by atoms with van der Waals surface area (Å²) in [5.41, 5.74) is 8.28. The molecule has 0 spiro atoms. The number of nitrogen functional groups attached to an aromatic ring is 1. The van der Waals surface area contributed by atoms with E-state index in [1.807, 2.05) is 36.2 Å². The molecular weight excluding hydrogens is 263 g/mol. The van der Waals surface area contributed by atoms with Gasteiger partial charge in [0.15, 0.2) is 0 Å². The van der Waals surface area contributed by atoms with E-state index in [4.69, 9.17) is 17.3 Å². The Kier molecular flexibility index (Phi) is 4.40. The highest BCUT2D eigenvalue weighted by Crippen LogP contribution is 2.19. The largest absolute Gasteiger partial charge is 0.398 e. The zero-order valence-corrected chi connectivity index (χ0v) is 11.5. The molecule has 0 aliphatic carbocycles. The Morgan fingerprint density at radius 1 is 1.11 bits per heavy atom. The molecule has 0 saturated heterocycles. The quantitative estimate of drug-likeness (QED) is 0.864. The van der Waals surface area contributed by atoms with Crippen molar-refractivity contribution in [3.05, 3.63) is 64.4 Å². The zero-order valence-electron chi connectivity index (χ0n) is 10.7. The minimum atomic E-state index is -0.268. The van der Waals surface area contributed by atoms with Crippen molar-refractivity contribution >= 4 is 17.3 Å². The summed E-state index contributed by atoms with van der Waals surface area (Å²) < 4.78 is 13.2.